The fraction of sp³-hybridized carbons (Fsp3) is 0.500. The molecule has 1 aliphatic rings. The van der Waals surface area contributed by atoms with E-state index < -0.39 is 11.6 Å². The van der Waals surface area contributed by atoms with Crippen LogP contribution in [0, 0.1) is 0 Å². The molecule has 0 aliphatic carbocycles. The van der Waals surface area contributed by atoms with Gasteiger partial charge in [0.05, 0.1) is 36.1 Å². The number of carboxylic acid groups (broad SMARTS) is 1. The number of nitrogens with one attached hydrogen (secondary N) is 1. The number of anilines is 1. The second-order valence-electron chi connectivity index (χ2n) is 5.56. The Morgan fingerprint density at radius 1 is 1.48 bits per heavy atom. The van der Waals surface area contributed by atoms with Crippen molar-refractivity contribution in [2.45, 2.75) is 31.8 Å². The average Bonchev–Trinajstić information content (AvgIpc) is 2.39. The van der Waals surface area contributed by atoms with Crippen LogP contribution in [0.5, 0.6) is 0 Å². The highest BCUT2D eigenvalue weighted by molar-refractivity contribution is 5.89. The number of hydrogen-bond acceptors (Lipinski definition) is 4. The third kappa shape index (κ3) is 4.42. The summed E-state index contributed by atoms with van der Waals surface area (Å²) in [6.45, 7) is 2.62. The average molecular weight is 293 g/mol. The second kappa shape index (κ2) is 6.09. The molecule has 114 valence electrons. The number of nitrogens with zero attached hydrogens (tertiary/aromatic N) is 2. The molecule has 0 saturated carbocycles. The Labute approximate surface area is 122 Å². The zero-order valence-corrected chi connectivity index (χ0v) is 11.9. The van der Waals surface area contributed by atoms with Crippen LogP contribution in [-0.4, -0.2) is 50.8 Å². The van der Waals surface area contributed by atoms with E-state index in [1.165, 1.54) is 6.20 Å². The van der Waals surface area contributed by atoms with Crippen molar-refractivity contribution >= 4 is 17.7 Å². The monoisotopic (exact) mass is 293 g/mol. The summed E-state index contributed by atoms with van der Waals surface area (Å²) in [4.78, 5) is 28.2. The Morgan fingerprint density at radius 2 is 2.24 bits per heavy atom. The van der Waals surface area contributed by atoms with Crippen molar-refractivity contribution in [1.29, 1.82) is 0 Å². The molecule has 1 saturated heterocycles. The Balaban J connectivity index is 1.94. The number of carbonyl (C=O) groups is 2. The van der Waals surface area contributed by atoms with E-state index in [9.17, 15) is 14.7 Å². The van der Waals surface area contributed by atoms with Gasteiger partial charge in [-0.2, -0.15) is 0 Å². The summed E-state index contributed by atoms with van der Waals surface area (Å²) in [6, 6.07) is 2.89. The first-order chi connectivity index (χ1) is 9.85. The van der Waals surface area contributed by atoms with E-state index in [1.54, 1.807) is 24.0 Å². The van der Waals surface area contributed by atoms with Crippen molar-refractivity contribution in [1.82, 2.24) is 9.88 Å². The summed E-state index contributed by atoms with van der Waals surface area (Å²) in [6.07, 6.45) is 2.72. The van der Waals surface area contributed by atoms with Crippen molar-refractivity contribution in [2.75, 3.05) is 18.4 Å². The van der Waals surface area contributed by atoms with Crippen molar-refractivity contribution in [3.63, 3.8) is 0 Å². The van der Waals surface area contributed by atoms with E-state index in [4.69, 9.17) is 5.11 Å². The maximum absolute atomic E-state index is 12.1. The predicted octanol–water partition coefficient (Wildman–Crippen LogP) is 1.09. The lowest BCUT2D eigenvalue weighted by atomic mass is 9.95. The Kier molecular flexibility index (Phi) is 4.42. The van der Waals surface area contributed by atoms with E-state index >= 15 is 0 Å². The number of hydrogen-bond donors (Lipinski definition) is 3. The van der Waals surface area contributed by atoms with Gasteiger partial charge in [-0.25, -0.2) is 4.79 Å². The highest BCUT2D eigenvalue weighted by atomic mass is 16.4. The first-order valence-corrected chi connectivity index (χ1v) is 6.81. The largest absolute Gasteiger partial charge is 0.481 e. The number of aliphatic hydroxyl groups is 1. The fourth-order valence-corrected chi connectivity index (χ4v) is 2.35. The van der Waals surface area contributed by atoms with Crippen molar-refractivity contribution in [3.8, 4) is 0 Å². The molecule has 1 unspecified atom stereocenters. The number of urea groups is 1. The van der Waals surface area contributed by atoms with E-state index in [-0.39, 0.29) is 12.5 Å². The molecule has 2 amide bonds. The van der Waals surface area contributed by atoms with Crippen LogP contribution in [0.25, 0.3) is 0 Å². The molecule has 1 fully saturated rings. The number of piperidine rings is 1. The van der Waals surface area contributed by atoms with Crippen LogP contribution >= 0.6 is 0 Å². The smallest absolute Gasteiger partial charge is 0.321 e. The molecule has 2 rings (SSSR count). The van der Waals surface area contributed by atoms with Crippen LogP contribution in [0.4, 0.5) is 10.5 Å². The maximum Gasteiger partial charge on any atom is 0.321 e. The van der Waals surface area contributed by atoms with Gasteiger partial charge in [-0.3, -0.25) is 9.78 Å². The normalized spacial score (nSPS) is 21.9. The Bertz CT molecular complexity index is 528. The van der Waals surface area contributed by atoms with Gasteiger partial charge in [0, 0.05) is 6.54 Å². The second-order valence-corrected chi connectivity index (χ2v) is 5.56. The highest BCUT2D eigenvalue weighted by Crippen LogP contribution is 2.21. The number of amides is 2. The number of likely N-dealkylation sites (tertiary alicyclic amines) is 1. The van der Waals surface area contributed by atoms with Crippen LogP contribution in [0.3, 0.4) is 0 Å². The molecule has 0 radical (unpaired) electrons. The molecule has 0 bridgehead atoms. The summed E-state index contributed by atoms with van der Waals surface area (Å²) in [5, 5.41) is 21.3. The quantitative estimate of drug-likeness (QED) is 0.774. The molecule has 21 heavy (non-hydrogen) atoms. The molecular weight excluding hydrogens is 274 g/mol. The van der Waals surface area contributed by atoms with Crippen molar-refractivity contribution < 1.29 is 19.8 Å². The fourth-order valence-electron chi connectivity index (χ4n) is 2.35. The minimum atomic E-state index is -0.949. The van der Waals surface area contributed by atoms with Gasteiger partial charge in [-0.05, 0) is 31.9 Å². The van der Waals surface area contributed by atoms with Crippen molar-refractivity contribution in [2.24, 2.45) is 0 Å². The van der Waals surface area contributed by atoms with Crippen LogP contribution < -0.4 is 5.32 Å². The summed E-state index contributed by atoms with van der Waals surface area (Å²) in [5.74, 6) is -0.949. The number of aromatic nitrogens is 1. The predicted molar refractivity (Wildman–Crippen MR) is 76.0 cm³/mol. The third-order valence-corrected chi connectivity index (χ3v) is 3.37. The lowest BCUT2D eigenvalue weighted by Crippen LogP contribution is -2.49. The van der Waals surface area contributed by atoms with Gasteiger partial charge in [-0.1, -0.05) is 0 Å². The molecule has 1 aromatic rings. The third-order valence-electron chi connectivity index (χ3n) is 3.37. The van der Waals surface area contributed by atoms with Crippen molar-refractivity contribution in [3.05, 3.63) is 24.0 Å². The number of β-amino-alcohol motifs (C(OH)–C–C–N with tert-alkyl or cyclic N) is 1. The van der Waals surface area contributed by atoms with E-state index in [0.717, 1.165) is 6.42 Å². The van der Waals surface area contributed by atoms with E-state index in [2.05, 4.69) is 10.3 Å². The van der Waals surface area contributed by atoms with Gasteiger partial charge >= 0.3 is 12.0 Å². The zero-order chi connectivity index (χ0) is 15.5. The van der Waals surface area contributed by atoms with Crippen LogP contribution in [0.2, 0.25) is 0 Å². The molecular formula is C14H19N3O4. The topological polar surface area (TPSA) is 103 Å². The lowest BCUT2D eigenvalue weighted by molar-refractivity contribution is -0.136. The Morgan fingerprint density at radius 3 is 2.81 bits per heavy atom. The summed E-state index contributed by atoms with van der Waals surface area (Å²) in [7, 11) is 0. The zero-order valence-electron chi connectivity index (χ0n) is 11.9. The minimum absolute atomic E-state index is 0.150. The van der Waals surface area contributed by atoms with E-state index in [1.807, 2.05) is 0 Å². The molecule has 1 aliphatic heterocycles. The van der Waals surface area contributed by atoms with Gasteiger partial charge in [0.15, 0.2) is 0 Å². The van der Waals surface area contributed by atoms with Gasteiger partial charge in [0.1, 0.15) is 0 Å². The summed E-state index contributed by atoms with van der Waals surface area (Å²) < 4.78 is 0. The number of aliphatic carboxylic acids is 1. The molecule has 2 heterocycles. The van der Waals surface area contributed by atoms with E-state index in [0.29, 0.717) is 30.9 Å². The van der Waals surface area contributed by atoms with Crippen LogP contribution in [-0.2, 0) is 11.2 Å². The van der Waals surface area contributed by atoms with Gasteiger partial charge in [0.2, 0.25) is 0 Å². The highest BCUT2D eigenvalue weighted by Gasteiger charge is 2.30. The van der Waals surface area contributed by atoms with Crippen LogP contribution in [0.15, 0.2) is 18.3 Å². The summed E-state index contributed by atoms with van der Waals surface area (Å²) >= 11 is 0. The molecule has 1 aromatic heterocycles. The molecule has 0 spiro atoms. The molecule has 0 aromatic carbocycles. The van der Waals surface area contributed by atoms with Crippen LogP contribution in [0.1, 0.15) is 25.5 Å². The minimum Gasteiger partial charge on any atom is -0.481 e. The molecule has 1 atom stereocenters. The SMILES string of the molecule is CC1(O)CCCN(C(=O)Nc2ccc(CC(=O)O)nc2)C1. The standard InChI is InChI=1S/C14H19N3O4/c1-14(21)5-2-6-17(9-14)13(20)16-11-4-3-10(15-8-11)7-12(18)19/h3-4,8,21H,2,5-7,9H2,1H3,(H,16,20)(H,18,19). The van der Waals surface area contributed by atoms with Gasteiger partial charge < -0.3 is 20.4 Å². The number of pyridine rings is 1. The first-order valence-electron chi connectivity index (χ1n) is 6.81. The number of carboxylic acids is 1. The lowest BCUT2D eigenvalue weighted by Gasteiger charge is -2.36. The number of rotatable bonds is 3. The molecule has 3 N–H and O–H groups in total. The molecule has 7 nitrogen and oxygen atoms in total. The number of carbonyl (C=O) groups excluding carboxylic acids is 1. The summed E-state index contributed by atoms with van der Waals surface area (Å²) in [5.41, 5.74) is 0.0832. The Hall–Kier alpha value is -2.15. The maximum atomic E-state index is 12.1. The van der Waals surface area contributed by atoms with Gasteiger partial charge in [-0.15, -0.1) is 0 Å². The first kappa shape index (κ1) is 15.2. The molecule has 7 heteroatoms. The van der Waals surface area contributed by atoms with Gasteiger partial charge in [0.25, 0.3) is 0 Å².